The van der Waals surface area contributed by atoms with Crippen molar-refractivity contribution in [1.29, 1.82) is 0 Å². The van der Waals surface area contributed by atoms with Crippen molar-refractivity contribution in [3.05, 3.63) is 0 Å². The van der Waals surface area contributed by atoms with Gasteiger partial charge in [0.05, 0.1) is 18.1 Å². The third-order valence-electron chi connectivity index (χ3n) is 2.66. The molecule has 0 aromatic heterocycles. The molecular weight excluding hydrogens is 196 g/mol. The lowest BCUT2D eigenvalue weighted by Crippen LogP contribution is -2.70. The van der Waals surface area contributed by atoms with Crippen LogP contribution in [0.5, 0.6) is 0 Å². The van der Waals surface area contributed by atoms with Gasteiger partial charge in [0.1, 0.15) is 0 Å². The van der Waals surface area contributed by atoms with Gasteiger partial charge in [0.2, 0.25) is 0 Å². The van der Waals surface area contributed by atoms with Gasteiger partial charge in [-0.05, 0) is 20.3 Å². The van der Waals surface area contributed by atoms with Gasteiger partial charge < -0.3 is 20.8 Å². The van der Waals surface area contributed by atoms with Crippen molar-refractivity contribution in [3.63, 3.8) is 0 Å². The molecular formula is C10H20N2O3. The molecule has 5 nitrogen and oxygen atoms in total. The SMILES string of the molecule is CC(O)CC(C)NC1(CC(=O)O)CNC1. The number of hydrogen-bond donors (Lipinski definition) is 4. The molecule has 0 aromatic carbocycles. The molecule has 0 radical (unpaired) electrons. The number of hydrogen-bond acceptors (Lipinski definition) is 4. The van der Waals surface area contributed by atoms with Crippen LogP contribution in [-0.4, -0.2) is 47.0 Å². The second-order valence-corrected chi connectivity index (χ2v) is 4.58. The van der Waals surface area contributed by atoms with Crippen molar-refractivity contribution in [2.45, 2.75) is 44.4 Å². The van der Waals surface area contributed by atoms with Gasteiger partial charge >= 0.3 is 5.97 Å². The molecule has 1 saturated heterocycles. The summed E-state index contributed by atoms with van der Waals surface area (Å²) in [7, 11) is 0. The summed E-state index contributed by atoms with van der Waals surface area (Å²) in [5, 5.41) is 24.4. The van der Waals surface area contributed by atoms with Gasteiger partial charge in [-0.1, -0.05) is 0 Å². The number of aliphatic carboxylic acids is 1. The molecule has 5 heteroatoms. The van der Waals surface area contributed by atoms with Gasteiger partial charge in [-0.25, -0.2) is 0 Å². The Morgan fingerprint density at radius 1 is 1.53 bits per heavy atom. The number of aliphatic hydroxyl groups is 1. The standard InChI is InChI=1S/C10H20N2O3/c1-7(3-8(2)13)12-10(4-9(14)15)5-11-6-10/h7-8,11-13H,3-6H2,1-2H3,(H,14,15). The second-order valence-electron chi connectivity index (χ2n) is 4.58. The van der Waals surface area contributed by atoms with Crippen LogP contribution in [0, 0.1) is 0 Å². The van der Waals surface area contributed by atoms with Crippen LogP contribution in [0.2, 0.25) is 0 Å². The quantitative estimate of drug-likeness (QED) is 0.483. The monoisotopic (exact) mass is 216 g/mol. The van der Waals surface area contributed by atoms with Gasteiger partial charge in [-0.2, -0.15) is 0 Å². The van der Waals surface area contributed by atoms with Crippen LogP contribution in [0.4, 0.5) is 0 Å². The molecule has 0 saturated carbocycles. The number of rotatable bonds is 6. The Kier molecular flexibility index (Phi) is 4.07. The summed E-state index contributed by atoms with van der Waals surface area (Å²) in [5.74, 6) is -0.784. The maximum absolute atomic E-state index is 10.7. The van der Waals surface area contributed by atoms with Gasteiger partial charge in [0.15, 0.2) is 0 Å². The van der Waals surface area contributed by atoms with Crippen molar-refractivity contribution in [3.8, 4) is 0 Å². The van der Waals surface area contributed by atoms with E-state index in [1.807, 2.05) is 6.92 Å². The average molecular weight is 216 g/mol. The first-order valence-corrected chi connectivity index (χ1v) is 5.32. The van der Waals surface area contributed by atoms with Gasteiger partial charge in [-0.3, -0.25) is 4.79 Å². The van der Waals surface area contributed by atoms with E-state index >= 15 is 0 Å². The number of nitrogens with one attached hydrogen (secondary N) is 2. The fourth-order valence-electron chi connectivity index (χ4n) is 2.09. The van der Waals surface area contributed by atoms with E-state index in [1.54, 1.807) is 6.92 Å². The Bertz CT molecular complexity index is 227. The van der Waals surface area contributed by atoms with Crippen molar-refractivity contribution < 1.29 is 15.0 Å². The van der Waals surface area contributed by atoms with Crippen LogP contribution < -0.4 is 10.6 Å². The van der Waals surface area contributed by atoms with E-state index in [2.05, 4.69) is 10.6 Å². The highest BCUT2D eigenvalue weighted by molar-refractivity contribution is 5.68. The molecule has 2 unspecified atom stereocenters. The van der Waals surface area contributed by atoms with E-state index in [4.69, 9.17) is 5.11 Å². The third-order valence-corrected chi connectivity index (χ3v) is 2.66. The molecule has 1 heterocycles. The summed E-state index contributed by atoms with van der Waals surface area (Å²) in [5.41, 5.74) is -0.319. The van der Waals surface area contributed by atoms with Crippen molar-refractivity contribution in [2.24, 2.45) is 0 Å². The lowest BCUT2D eigenvalue weighted by atomic mass is 9.87. The van der Waals surface area contributed by atoms with E-state index in [1.165, 1.54) is 0 Å². The molecule has 0 bridgehead atoms. The van der Waals surface area contributed by atoms with Crippen molar-refractivity contribution in [2.75, 3.05) is 13.1 Å². The van der Waals surface area contributed by atoms with Gasteiger partial charge in [0.25, 0.3) is 0 Å². The van der Waals surface area contributed by atoms with Crippen LogP contribution in [0.15, 0.2) is 0 Å². The molecule has 1 aliphatic heterocycles. The molecule has 1 rings (SSSR count). The topological polar surface area (TPSA) is 81.6 Å². The smallest absolute Gasteiger partial charge is 0.305 e. The lowest BCUT2D eigenvalue weighted by molar-refractivity contribution is -0.139. The van der Waals surface area contributed by atoms with Gasteiger partial charge in [-0.15, -0.1) is 0 Å². The molecule has 15 heavy (non-hydrogen) atoms. The number of carboxylic acid groups (broad SMARTS) is 1. The maximum atomic E-state index is 10.7. The highest BCUT2D eigenvalue weighted by Gasteiger charge is 2.39. The largest absolute Gasteiger partial charge is 0.481 e. The van der Waals surface area contributed by atoms with Crippen molar-refractivity contribution in [1.82, 2.24) is 10.6 Å². The molecule has 0 amide bonds. The highest BCUT2D eigenvalue weighted by Crippen LogP contribution is 2.17. The fraction of sp³-hybridized carbons (Fsp3) is 0.900. The molecule has 0 aromatic rings. The predicted octanol–water partition coefficient (Wildman–Crippen LogP) is -0.448. The number of carboxylic acids is 1. The zero-order valence-electron chi connectivity index (χ0n) is 9.29. The average Bonchev–Trinajstić information content (AvgIpc) is 1.97. The predicted molar refractivity (Wildman–Crippen MR) is 56.7 cm³/mol. The molecule has 0 spiro atoms. The molecule has 1 fully saturated rings. The maximum Gasteiger partial charge on any atom is 0.305 e. The summed E-state index contributed by atoms with van der Waals surface area (Å²) in [6.45, 7) is 5.07. The Morgan fingerprint density at radius 3 is 2.47 bits per heavy atom. The minimum Gasteiger partial charge on any atom is -0.481 e. The molecule has 1 aliphatic rings. The number of carbonyl (C=O) groups is 1. The van der Waals surface area contributed by atoms with Crippen LogP contribution in [0.25, 0.3) is 0 Å². The summed E-state index contributed by atoms with van der Waals surface area (Å²) >= 11 is 0. The molecule has 4 N–H and O–H groups in total. The van der Waals surface area contributed by atoms with E-state index in [0.717, 1.165) is 0 Å². The zero-order chi connectivity index (χ0) is 11.5. The molecule has 88 valence electrons. The van der Waals surface area contributed by atoms with Gasteiger partial charge in [0, 0.05) is 19.1 Å². The first-order chi connectivity index (χ1) is 6.93. The Labute approximate surface area is 89.9 Å². The summed E-state index contributed by atoms with van der Waals surface area (Å²) < 4.78 is 0. The molecule has 0 aliphatic carbocycles. The second kappa shape index (κ2) is 4.92. The zero-order valence-corrected chi connectivity index (χ0v) is 9.29. The van der Waals surface area contributed by atoms with E-state index in [-0.39, 0.29) is 24.1 Å². The summed E-state index contributed by atoms with van der Waals surface area (Å²) in [6, 6.07) is 0.131. The number of aliphatic hydroxyl groups excluding tert-OH is 1. The fourth-order valence-corrected chi connectivity index (χ4v) is 2.09. The Balaban J connectivity index is 2.42. The Morgan fingerprint density at radius 2 is 2.13 bits per heavy atom. The summed E-state index contributed by atoms with van der Waals surface area (Å²) in [6.07, 6.45) is 0.410. The van der Waals surface area contributed by atoms with E-state index in [0.29, 0.717) is 19.5 Å². The Hall–Kier alpha value is -0.650. The first kappa shape index (κ1) is 12.4. The van der Waals surface area contributed by atoms with E-state index < -0.39 is 5.97 Å². The highest BCUT2D eigenvalue weighted by atomic mass is 16.4. The summed E-state index contributed by atoms with van der Waals surface area (Å²) in [4.78, 5) is 10.7. The normalized spacial score (nSPS) is 22.9. The van der Waals surface area contributed by atoms with E-state index in [9.17, 15) is 9.90 Å². The van der Waals surface area contributed by atoms with Crippen LogP contribution >= 0.6 is 0 Å². The van der Waals surface area contributed by atoms with Crippen LogP contribution in [-0.2, 0) is 4.79 Å². The van der Waals surface area contributed by atoms with Crippen LogP contribution in [0.1, 0.15) is 26.7 Å². The lowest BCUT2D eigenvalue weighted by Gasteiger charge is -2.44. The van der Waals surface area contributed by atoms with Crippen molar-refractivity contribution >= 4 is 5.97 Å². The molecule has 2 atom stereocenters. The minimum atomic E-state index is -0.784. The third kappa shape index (κ3) is 3.77. The van der Waals surface area contributed by atoms with Crippen LogP contribution in [0.3, 0.4) is 0 Å². The first-order valence-electron chi connectivity index (χ1n) is 5.32. The minimum absolute atomic E-state index is 0.129.